The minimum absolute atomic E-state index is 0.429. The van der Waals surface area contributed by atoms with Gasteiger partial charge in [0.2, 0.25) is 5.79 Å². The van der Waals surface area contributed by atoms with Crippen molar-refractivity contribution in [3.63, 3.8) is 0 Å². The zero-order chi connectivity index (χ0) is 7.61. The summed E-state index contributed by atoms with van der Waals surface area (Å²) >= 11 is 0. The highest BCUT2D eigenvalue weighted by atomic mass is 16.7. The van der Waals surface area contributed by atoms with E-state index in [0.717, 1.165) is 12.5 Å². The lowest BCUT2D eigenvalue weighted by Gasteiger charge is -2.36. The largest absolute Gasteiger partial charge is 0.430 e. The van der Waals surface area contributed by atoms with Crippen molar-refractivity contribution in [2.75, 3.05) is 6.61 Å². The zero-order valence-electron chi connectivity index (χ0n) is 5.92. The molecule has 1 rings (SSSR count). The summed E-state index contributed by atoms with van der Waals surface area (Å²) in [6.45, 7) is 5.67. The Morgan fingerprint density at radius 3 is 2.80 bits per heavy atom. The van der Waals surface area contributed by atoms with E-state index >= 15 is 0 Å². The van der Waals surface area contributed by atoms with Gasteiger partial charge in [-0.2, -0.15) is 0 Å². The Morgan fingerprint density at radius 1 is 1.90 bits per heavy atom. The van der Waals surface area contributed by atoms with Gasteiger partial charge in [0, 0.05) is 19.4 Å². The van der Waals surface area contributed by atoms with Gasteiger partial charge in [-0.1, -0.05) is 6.58 Å². The minimum Gasteiger partial charge on any atom is -0.430 e. The second-order valence-corrected chi connectivity index (χ2v) is 2.36. The monoisotopic (exact) mass is 142 g/mol. The molecule has 0 radical (unpaired) electrons. The number of hydrogen-bond acceptors (Lipinski definition) is 3. The van der Waals surface area contributed by atoms with Crippen LogP contribution in [0.4, 0.5) is 0 Å². The number of esters is 1. The molecule has 1 aliphatic heterocycles. The summed E-state index contributed by atoms with van der Waals surface area (Å²) in [6.07, 6.45) is 1.90. The van der Waals surface area contributed by atoms with Gasteiger partial charge in [-0.05, 0) is 0 Å². The Morgan fingerprint density at radius 2 is 2.50 bits per heavy atom. The first kappa shape index (κ1) is 7.28. The topological polar surface area (TPSA) is 35.5 Å². The third kappa shape index (κ3) is 1.36. The molecule has 1 aliphatic rings. The first-order valence-electron chi connectivity index (χ1n) is 3.16. The van der Waals surface area contributed by atoms with Gasteiger partial charge in [-0.25, -0.2) is 4.79 Å². The Kier molecular flexibility index (Phi) is 1.76. The van der Waals surface area contributed by atoms with E-state index in [9.17, 15) is 4.79 Å². The molecule has 0 bridgehead atoms. The van der Waals surface area contributed by atoms with Crippen molar-refractivity contribution in [3.8, 4) is 0 Å². The van der Waals surface area contributed by atoms with E-state index in [4.69, 9.17) is 9.47 Å². The van der Waals surface area contributed by atoms with Crippen LogP contribution in [0.25, 0.3) is 0 Å². The molecule has 0 saturated carbocycles. The van der Waals surface area contributed by atoms with Crippen LogP contribution in [0.15, 0.2) is 12.7 Å². The number of rotatable bonds is 2. The van der Waals surface area contributed by atoms with Gasteiger partial charge in [-0.3, -0.25) is 0 Å². The smallest absolute Gasteiger partial charge is 0.332 e. The highest BCUT2D eigenvalue weighted by Gasteiger charge is 2.36. The fourth-order valence-corrected chi connectivity index (χ4v) is 0.724. The predicted octanol–water partition coefficient (Wildman–Crippen LogP) is 0.852. The van der Waals surface area contributed by atoms with Crippen LogP contribution in [0.5, 0.6) is 0 Å². The molecule has 0 N–H and O–H groups in total. The van der Waals surface area contributed by atoms with Crippen LogP contribution < -0.4 is 0 Å². The second kappa shape index (κ2) is 2.42. The van der Waals surface area contributed by atoms with Crippen LogP contribution in [0.2, 0.25) is 0 Å². The summed E-state index contributed by atoms with van der Waals surface area (Å²) in [5, 5.41) is 0. The Balaban J connectivity index is 2.36. The molecule has 0 amide bonds. The van der Waals surface area contributed by atoms with Gasteiger partial charge in [0.15, 0.2) is 0 Å². The summed E-state index contributed by atoms with van der Waals surface area (Å²) in [7, 11) is 0. The average molecular weight is 142 g/mol. The molecule has 56 valence electrons. The maximum Gasteiger partial charge on any atom is 0.332 e. The summed E-state index contributed by atoms with van der Waals surface area (Å²) in [4.78, 5) is 10.6. The average Bonchev–Trinajstić information content (AvgIpc) is 1.84. The predicted molar refractivity (Wildman–Crippen MR) is 35.3 cm³/mol. The Hall–Kier alpha value is -0.830. The van der Waals surface area contributed by atoms with E-state index in [2.05, 4.69) is 6.58 Å². The summed E-state index contributed by atoms with van der Waals surface area (Å²) in [5.74, 6) is -1.10. The number of ether oxygens (including phenoxy) is 2. The normalized spacial score (nSPS) is 30.5. The highest BCUT2D eigenvalue weighted by molar-refractivity contribution is 5.81. The second-order valence-electron chi connectivity index (χ2n) is 2.36. The van der Waals surface area contributed by atoms with Gasteiger partial charge in [-0.15, -0.1) is 0 Å². The molecule has 0 spiro atoms. The standard InChI is InChI=1S/C7H10O3/c1-3-6(8)10-7(2)4-5-9-7/h3H,1,4-5H2,2H3. The van der Waals surface area contributed by atoms with Gasteiger partial charge in [0.25, 0.3) is 0 Å². The maximum absolute atomic E-state index is 10.6. The van der Waals surface area contributed by atoms with Gasteiger partial charge >= 0.3 is 5.97 Å². The number of carbonyl (C=O) groups is 1. The van der Waals surface area contributed by atoms with Crippen LogP contribution in [-0.2, 0) is 14.3 Å². The van der Waals surface area contributed by atoms with E-state index in [1.54, 1.807) is 6.92 Å². The van der Waals surface area contributed by atoms with E-state index in [-0.39, 0.29) is 0 Å². The molecule has 0 aromatic rings. The van der Waals surface area contributed by atoms with Crippen molar-refractivity contribution >= 4 is 5.97 Å². The van der Waals surface area contributed by atoms with Crippen LogP contribution in [-0.4, -0.2) is 18.4 Å². The van der Waals surface area contributed by atoms with Crippen molar-refractivity contribution in [1.29, 1.82) is 0 Å². The molecule has 1 atom stereocenters. The molecule has 0 aliphatic carbocycles. The third-order valence-electron chi connectivity index (χ3n) is 1.45. The molecule has 1 fully saturated rings. The lowest BCUT2D eigenvalue weighted by atomic mass is 10.1. The van der Waals surface area contributed by atoms with E-state index in [1.807, 2.05) is 0 Å². The molecule has 1 saturated heterocycles. The van der Waals surface area contributed by atoms with Gasteiger partial charge < -0.3 is 9.47 Å². The molecule has 0 aromatic carbocycles. The quantitative estimate of drug-likeness (QED) is 0.423. The highest BCUT2D eigenvalue weighted by Crippen LogP contribution is 2.26. The van der Waals surface area contributed by atoms with Crippen LogP contribution in [0, 0.1) is 0 Å². The lowest BCUT2D eigenvalue weighted by Crippen LogP contribution is -2.44. The third-order valence-corrected chi connectivity index (χ3v) is 1.45. The molecular weight excluding hydrogens is 132 g/mol. The molecule has 3 nitrogen and oxygen atoms in total. The van der Waals surface area contributed by atoms with E-state index < -0.39 is 11.8 Å². The molecule has 1 unspecified atom stereocenters. The molecule has 3 heteroatoms. The van der Waals surface area contributed by atoms with E-state index in [1.165, 1.54) is 0 Å². The van der Waals surface area contributed by atoms with Crippen molar-refractivity contribution in [1.82, 2.24) is 0 Å². The van der Waals surface area contributed by atoms with Gasteiger partial charge in [0.05, 0.1) is 6.61 Å². The van der Waals surface area contributed by atoms with Crippen LogP contribution in [0.1, 0.15) is 13.3 Å². The van der Waals surface area contributed by atoms with Crippen molar-refractivity contribution in [2.24, 2.45) is 0 Å². The number of carbonyl (C=O) groups excluding carboxylic acids is 1. The molecule has 1 heterocycles. The zero-order valence-corrected chi connectivity index (χ0v) is 5.92. The first-order valence-corrected chi connectivity index (χ1v) is 3.16. The van der Waals surface area contributed by atoms with Crippen LogP contribution in [0.3, 0.4) is 0 Å². The van der Waals surface area contributed by atoms with E-state index in [0.29, 0.717) is 6.61 Å². The minimum atomic E-state index is -0.675. The van der Waals surface area contributed by atoms with Crippen LogP contribution >= 0.6 is 0 Å². The Labute approximate surface area is 59.6 Å². The fourth-order valence-electron chi connectivity index (χ4n) is 0.724. The lowest BCUT2D eigenvalue weighted by molar-refractivity contribution is -0.279. The summed E-state index contributed by atoms with van der Waals surface area (Å²) in [5.41, 5.74) is 0. The number of hydrogen-bond donors (Lipinski definition) is 0. The summed E-state index contributed by atoms with van der Waals surface area (Å²) < 4.78 is 9.84. The molecular formula is C7H10O3. The molecule has 0 aromatic heterocycles. The van der Waals surface area contributed by atoms with Crippen molar-refractivity contribution < 1.29 is 14.3 Å². The van der Waals surface area contributed by atoms with Crippen molar-refractivity contribution in [3.05, 3.63) is 12.7 Å². The maximum atomic E-state index is 10.6. The van der Waals surface area contributed by atoms with Crippen molar-refractivity contribution in [2.45, 2.75) is 19.1 Å². The fraction of sp³-hybridized carbons (Fsp3) is 0.571. The first-order chi connectivity index (χ1) is 4.66. The molecule has 10 heavy (non-hydrogen) atoms. The summed E-state index contributed by atoms with van der Waals surface area (Å²) in [6, 6.07) is 0. The van der Waals surface area contributed by atoms with Gasteiger partial charge in [0.1, 0.15) is 0 Å². The Bertz CT molecular complexity index is 158. The SMILES string of the molecule is C=CC(=O)OC1(C)CCO1.